The fraction of sp³-hybridized carbons (Fsp3) is 0.0667. The van der Waals surface area contributed by atoms with Crippen molar-refractivity contribution in [2.24, 2.45) is 5.84 Å². The number of carbonyl (C=O) groups excluding carboxylic acids is 1. The minimum atomic E-state index is -0.931. The summed E-state index contributed by atoms with van der Waals surface area (Å²) in [7, 11) is 0. The first-order valence-corrected chi connectivity index (χ1v) is 6.16. The molecular weight excluding hydrogens is 270 g/mol. The Balaban J connectivity index is 0.000000383. The van der Waals surface area contributed by atoms with Crippen LogP contribution in [0.2, 0.25) is 0 Å². The van der Waals surface area contributed by atoms with Crippen molar-refractivity contribution < 1.29 is 14.7 Å². The Labute approximate surface area is 122 Å². The molecule has 2 aromatic carbocycles. The second-order valence-corrected chi connectivity index (χ2v) is 4.04. The lowest BCUT2D eigenvalue weighted by Gasteiger charge is -2.08. The third-order valence-corrected chi connectivity index (χ3v) is 2.41. The summed E-state index contributed by atoms with van der Waals surface area (Å²) in [6, 6.07) is 16.3. The van der Waals surface area contributed by atoms with Gasteiger partial charge in [0.1, 0.15) is 0 Å². The molecule has 0 aromatic heterocycles. The summed E-state index contributed by atoms with van der Waals surface area (Å²) in [6.45, 7) is 1.35. The molecule has 0 saturated heterocycles. The van der Waals surface area contributed by atoms with Crippen LogP contribution >= 0.6 is 0 Å². The molecule has 0 unspecified atom stereocenters. The highest BCUT2D eigenvalue weighted by Crippen LogP contribution is 2.20. The molecule has 0 fully saturated rings. The maximum Gasteiger partial charge on any atom is 0.337 e. The number of amides is 1. The summed E-state index contributed by atoms with van der Waals surface area (Å²) >= 11 is 0. The number of hydrazine groups is 1. The maximum atomic E-state index is 11.0. The quantitative estimate of drug-likeness (QED) is 0.393. The van der Waals surface area contributed by atoms with Gasteiger partial charge in [0.15, 0.2) is 0 Å². The van der Waals surface area contributed by atoms with Crippen LogP contribution in [0.3, 0.4) is 0 Å². The van der Waals surface area contributed by atoms with E-state index in [0.717, 1.165) is 5.69 Å². The van der Waals surface area contributed by atoms with E-state index >= 15 is 0 Å². The lowest BCUT2D eigenvalue weighted by atomic mass is 10.1. The van der Waals surface area contributed by atoms with Crippen molar-refractivity contribution in [1.82, 2.24) is 5.43 Å². The van der Waals surface area contributed by atoms with Gasteiger partial charge in [-0.25, -0.2) is 10.6 Å². The molecule has 0 radical (unpaired) electrons. The molecule has 0 aliphatic carbocycles. The zero-order valence-electron chi connectivity index (χ0n) is 11.5. The van der Waals surface area contributed by atoms with Gasteiger partial charge in [0.05, 0.1) is 11.3 Å². The Morgan fingerprint density at radius 3 is 2.05 bits per heavy atom. The molecule has 2 aromatic rings. The van der Waals surface area contributed by atoms with Gasteiger partial charge in [0.2, 0.25) is 5.91 Å². The van der Waals surface area contributed by atoms with Crippen molar-refractivity contribution in [3.63, 3.8) is 0 Å². The molecule has 0 bridgehead atoms. The van der Waals surface area contributed by atoms with Crippen LogP contribution in [0.15, 0.2) is 54.6 Å². The van der Waals surface area contributed by atoms with Gasteiger partial charge in [0.25, 0.3) is 0 Å². The average molecular weight is 287 g/mol. The van der Waals surface area contributed by atoms with E-state index in [9.17, 15) is 9.59 Å². The number of carboxylic acid groups (broad SMARTS) is 1. The lowest BCUT2D eigenvalue weighted by Crippen LogP contribution is -2.26. The number of para-hydroxylation sites is 2. The first-order valence-electron chi connectivity index (χ1n) is 6.16. The van der Waals surface area contributed by atoms with E-state index in [0.29, 0.717) is 5.69 Å². The fourth-order valence-electron chi connectivity index (χ4n) is 1.46. The molecule has 0 aliphatic heterocycles. The Bertz CT molecular complexity index is 600. The van der Waals surface area contributed by atoms with Crippen LogP contribution in [0.25, 0.3) is 0 Å². The SMILES string of the molecule is CC(=O)NN.O=C(O)c1ccccc1Nc1ccccc1. The van der Waals surface area contributed by atoms with Crippen molar-refractivity contribution >= 4 is 23.3 Å². The number of anilines is 2. The molecule has 0 atom stereocenters. The Morgan fingerprint density at radius 1 is 1.00 bits per heavy atom. The summed E-state index contributed by atoms with van der Waals surface area (Å²) in [4.78, 5) is 20.5. The van der Waals surface area contributed by atoms with Crippen molar-refractivity contribution in [2.75, 3.05) is 5.32 Å². The lowest BCUT2D eigenvalue weighted by molar-refractivity contribution is -0.119. The molecule has 0 saturated carbocycles. The van der Waals surface area contributed by atoms with E-state index in [-0.39, 0.29) is 11.5 Å². The summed E-state index contributed by atoms with van der Waals surface area (Å²) in [6.07, 6.45) is 0. The topological polar surface area (TPSA) is 104 Å². The van der Waals surface area contributed by atoms with Crippen LogP contribution in [0.4, 0.5) is 11.4 Å². The van der Waals surface area contributed by atoms with Crippen LogP contribution < -0.4 is 16.6 Å². The van der Waals surface area contributed by atoms with Crippen LogP contribution in [0.1, 0.15) is 17.3 Å². The standard InChI is InChI=1S/C13H11NO2.C2H6N2O/c15-13(16)11-8-4-5-9-12(11)14-10-6-2-1-3-7-10;1-2(5)4-3/h1-9,14H,(H,15,16);3H2,1H3,(H,4,5). The summed E-state index contributed by atoms with van der Waals surface area (Å²) in [5.74, 6) is 3.42. The van der Waals surface area contributed by atoms with Crippen LogP contribution in [0.5, 0.6) is 0 Å². The van der Waals surface area contributed by atoms with Crippen molar-refractivity contribution in [3.8, 4) is 0 Å². The minimum Gasteiger partial charge on any atom is -0.478 e. The summed E-state index contributed by atoms with van der Waals surface area (Å²) < 4.78 is 0. The van der Waals surface area contributed by atoms with Crippen molar-refractivity contribution in [1.29, 1.82) is 0 Å². The summed E-state index contributed by atoms with van der Waals surface area (Å²) in [5, 5.41) is 12.1. The zero-order valence-corrected chi connectivity index (χ0v) is 11.5. The molecule has 21 heavy (non-hydrogen) atoms. The van der Waals surface area contributed by atoms with E-state index < -0.39 is 5.97 Å². The Kier molecular flexibility index (Phi) is 6.43. The Hall–Kier alpha value is -2.86. The van der Waals surface area contributed by atoms with E-state index in [1.807, 2.05) is 35.8 Å². The number of carboxylic acids is 1. The van der Waals surface area contributed by atoms with Gasteiger partial charge in [-0.05, 0) is 24.3 Å². The van der Waals surface area contributed by atoms with Gasteiger partial charge >= 0.3 is 5.97 Å². The Morgan fingerprint density at radius 2 is 1.52 bits per heavy atom. The van der Waals surface area contributed by atoms with Gasteiger partial charge in [0, 0.05) is 12.6 Å². The average Bonchev–Trinajstić information content (AvgIpc) is 2.49. The molecule has 5 N–H and O–H groups in total. The zero-order chi connectivity index (χ0) is 15.7. The van der Waals surface area contributed by atoms with Crippen molar-refractivity contribution in [2.45, 2.75) is 6.92 Å². The first-order chi connectivity index (χ1) is 10.0. The number of aromatic carboxylic acids is 1. The van der Waals surface area contributed by atoms with E-state index in [4.69, 9.17) is 5.11 Å². The summed E-state index contributed by atoms with van der Waals surface area (Å²) in [5.41, 5.74) is 3.63. The molecule has 0 heterocycles. The predicted molar refractivity (Wildman–Crippen MR) is 81.1 cm³/mol. The first kappa shape index (κ1) is 16.2. The highest BCUT2D eigenvalue weighted by atomic mass is 16.4. The second-order valence-electron chi connectivity index (χ2n) is 4.04. The van der Waals surface area contributed by atoms with Crippen LogP contribution in [0, 0.1) is 0 Å². The fourth-order valence-corrected chi connectivity index (χ4v) is 1.46. The molecular formula is C15H17N3O3. The van der Waals surface area contributed by atoms with E-state index in [1.54, 1.807) is 24.3 Å². The number of nitrogens with two attached hydrogens (primary N) is 1. The maximum absolute atomic E-state index is 11.0. The van der Waals surface area contributed by atoms with Crippen LogP contribution in [-0.2, 0) is 4.79 Å². The third-order valence-electron chi connectivity index (χ3n) is 2.41. The predicted octanol–water partition coefficient (Wildman–Crippen LogP) is 2.12. The molecule has 0 aliphatic rings. The number of rotatable bonds is 3. The van der Waals surface area contributed by atoms with Gasteiger partial charge in [-0.2, -0.15) is 0 Å². The van der Waals surface area contributed by atoms with E-state index in [1.165, 1.54) is 6.92 Å². The van der Waals surface area contributed by atoms with Crippen molar-refractivity contribution in [3.05, 3.63) is 60.2 Å². The van der Waals surface area contributed by atoms with Gasteiger partial charge in [-0.1, -0.05) is 30.3 Å². The minimum absolute atomic E-state index is 0.218. The largest absolute Gasteiger partial charge is 0.478 e. The van der Waals surface area contributed by atoms with Gasteiger partial charge in [-0.15, -0.1) is 0 Å². The third kappa shape index (κ3) is 5.75. The smallest absolute Gasteiger partial charge is 0.337 e. The molecule has 6 nitrogen and oxygen atoms in total. The number of nitrogens with one attached hydrogen (secondary N) is 2. The number of hydrogen-bond acceptors (Lipinski definition) is 4. The highest BCUT2D eigenvalue weighted by molar-refractivity contribution is 5.95. The number of benzene rings is 2. The monoisotopic (exact) mass is 287 g/mol. The molecule has 110 valence electrons. The van der Waals surface area contributed by atoms with E-state index in [2.05, 4.69) is 11.2 Å². The molecule has 2 rings (SSSR count). The molecule has 0 spiro atoms. The number of hydrogen-bond donors (Lipinski definition) is 4. The second kappa shape index (κ2) is 8.34. The molecule has 1 amide bonds. The normalized spacial score (nSPS) is 9.05. The highest BCUT2D eigenvalue weighted by Gasteiger charge is 2.08. The molecule has 6 heteroatoms. The van der Waals surface area contributed by atoms with Gasteiger partial charge in [-0.3, -0.25) is 10.2 Å². The number of carbonyl (C=O) groups is 2. The van der Waals surface area contributed by atoms with Crippen LogP contribution in [-0.4, -0.2) is 17.0 Å². The van der Waals surface area contributed by atoms with Gasteiger partial charge < -0.3 is 10.4 Å².